The summed E-state index contributed by atoms with van der Waals surface area (Å²) in [5, 5.41) is 17.4. The van der Waals surface area contributed by atoms with Crippen molar-refractivity contribution in [2.75, 3.05) is 0 Å². The summed E-state index contributed by atoms with van der Waals surface area (Å²) in [6.45, 7) is 1.82. The lowest BCUT2D eigenvalue weighted by molar-refractivity contribution is 0.454. The lowest BCUT2D eigenvalue weighted by atomic mass is 10.3. The molecule has 0 aromatic carbocycles. The Morgan fingerprint density at radius 1 is 1.38 bits per heavy atom. The monoisotopic (exact) mass is 193 g/mol. The van der Waals surface area contributed by atoms with Gasteiger partial charge < -0.3 is 5.11 Å². The third-order valence-electron chi connectivity index (χ3n) is 1.60. The van der Waals surface area contributed by atoms with Crippen molar-refractivity contribution in [1.29, 1.82) is 0 Å². The highest BCUT2D eigenvalue weighted by molar-refractivity contribution is 7.15. The van der Waals surface area contributed by atoms with Crippen LogP contribution < -0.4 is 0 Å². The molecule has 5 heteroatoms. The number of rotatable bonds is 1. The van der Waals surface area contributed by atoms with E-state index in [0.29, 0.717) is 0 Å². The minimum Gasteiger partial charge on any atom is -0.492 e. The molecule has 0 aliphatic rings. The minimum atomic E-state index is 0.0943. The Morgan fingerprint density at radius 3 is 2.77 bits per heavy atom. The number of hydrogen-bond acceptors (Lipinski definition) is 5. The van der Waals surface area contributed by atoms with E-state index < -0.39 is 0 Å². The van der Waals surface area contributed by atoms with Crippen LogP contribution in [0, 0.1) is 6.92 Å². The maximum absolute atomic E-state index is 9.26. The molecule has 0 saturated heterocycles. The Hall–Kier alpha value is -1.49. The Kier molecular flexibility index (Phi) is 1.94. The lowest BCUT2D eigenvalue weighted by Gasteiger charge is -1.90. The van der Waals surface area contributed by atoms with Crippen molar-refractivity contribution in [2.45, 2.75) is 6.92 Å². The van der Waals surface area contributed by atoms with Crippen LogP contribution in [0.25, 0.3) is 10.6 Å². The van der Waals surface area contributed by atoms with Gasteiger partial charge in [0.15, 0.2) is 0 Å². The van der Waals surface area contributed by atoms with Gasteiger partial charge in [-0.25, -0.2) is 4.98 Å². The van der Waals surface area contributed by atoms with Crippen molar-refractivity contribution >= 4 is 11.3 Å². The largest absolute Gasteiger partial charge is 0.492 e. The molecule has 0 bridgehead atoms. The van der Waals surface area contributed by atoms with Gasteiger partial charge in [-0.1, -0.05) is 0 Å². The predicted octanol–water partition coefficient (Wildman–Crippen LogP) is 1.61. The molecular formula is C8H7N3OS. The summed E-state index contributed by atoms with van der Waals surface area (Å²) in [6, 6.07) is 1.81. The van der Waals surface area contributed by atoms with E-state index in [1.54, 1.807) is 12.4 Å². The summed E-state index contributed by atoms with van der Waals surface area (Å²) in [6.07, 6.45) is 3.22. The van der Waals surface area contributed by atoms with Gasteiger partial charge in [0.05, 0.1) is 17.3 Å². The van der Waals surface area contributed by atoms with Crippen LogP contribution in [0.2, 0.25) is 0 Å². The number of nitrogens with zero attached hydrogens (tertiary/aromatic N) is 3. The summed E-state index contributed by atoms with van der Waals surface area (Å²) in [5.41, 5.74) is 0.878. The van der Waals surface area contributed by atoms with Gasteiger partial charge in [-0.2, -0.15) is 10.2 Å². The predicted molar refractivity (Wildman–Crippen MR) is 49.5 cm³/mol. The molecule has 0 aliphatic carbocycles. The topological polar surface area (TPSA) is 58.9 Å². The van der Waals surface area contributed by atoms with Crippen LogP contribution in [-0.4, -0.2) is 20.3 Å². The van der Waals surface area contributed by atoms with Crippen molar-refractivity contribution in [3.8, 4) is 16.5 Å². The van der Waals surface area contributed by atoms with Gasteiger partial charge in [0.25, 0.3) is 0 Å². The first kappa shape index (κ1) is 8.12. The highest BCUT2D eigenvalue weighted by Gasteiger charge is 2.07. The highest BCUT2D eigenvalue weighted by atomic mass is 32.1. The molecule has 1 N–H and O–H groups in total. The second kappa shape index (κ2) is 3.10. The summed E-state index contributed by atoms with van der Waals surface area (Å²) in [5.74, 6) is 0.0943. The first-order valence-electron chi connectivity index (χ1n) is 3.71. The third-order valence-corrected chi connectivity index (χ3v) is 2.61. The molecule has 0 amide bonds. The summed E-state index contributed by atoms with van der Waals surface area (Å²) >= 11 is 1.44. The van der Waals surface area contributed by atoms with Crippen LogP contribution in [0.3, 0.4) is 0 Å². The number of hydrogen-bond donors (Lipinski definition) is 1. The number of aromatic nitrogens is 3. The normalized spacial score (nSPS) is 10.2. The zero-order valence-corrected chi connectivity index (χ0v) is 7.75. The average Bonchev–Trinajstić information content (AvgIpc) is 2.49. The van der Waals surface area contributed by atoms with E-state index in [9.17, 15) is 5.11 Å². The van der Waals surface area contributed by atoms with Gasteiger partial charge in [0.2, 0.25) is 5.88 Å². The zero-order valence-electron chi connectivity index (χ0n) is 6.93. The summed E-state index contributed by atoms with van der Waals surface area (Å²) in [7, 11) is 0. The Balaban J connectivity index is 2.48. The molecule has 0 aliphatic heterocycles. The lowest BCUT2D eigenvalue weighted by Crippen LogP contribution is -1.80. The molecule has 0 atom stereocenters. The molecule has 0 radical (unpaired) electrons. The first-order chi connectivity index (χ1) is 6.27. The van der Waals surface area contributed by atoms with Crippen molar-refractivity contribution in [1.82, 2.24) is 15.2 Å². The van der Waals surface area contributed by atoms with Crippen LogP contribution in [0.5, 0.6) is 5.88 Å². The second-order valence-electron chi connectivity index (χ2n) is 2.53. The van der Waals surface area contributed by atoms with E-state index in [1.807, 2.05) is 13.0 Å². The van der Waals surface area contributed by atoms with Gasteiger partial charge in [-0.05, 0) is 13.0 Å². The van der Waals surface area contributed by atoms with Gasteiger partial charge in [0.1, 0.15) is 5.01 Å². The fourth-order valence-electron chi connectivity index (χ4n) is 0.929. The smallest absolute Gasteiger partial charge is 0.225 e. The van der Waals surface area contributed by atoms with E-state index in [0.717, 1.165) is 15.4 Å². The fraction of sp³-hybridized carbons (Fsp3) is 0.125. The molecule has 2 aromatic heterocycles. The van der Waals surface area contributed by atoms with E-state index in [-0.39, 0.29) is 5.88 Å². The second-order valence-corrected chi connectivity index (χ2v) is 3.73. The molecule has 2 rings (SSSR count). The van der Waals surface area contributed by atoms with Gasteiger partial charge in [-0.3, -0.25) is 0 Å². The van der Waals surface area contributed by atoms with E-state index in [2.05, 4.69) is 15.2 Å². The molecule has 0 saturated carbocycles. The molecule has 0 unspecified atom stereocenters. The molecule has 2 aromatic rings. The van der Waals surface area contributed by atoms with E-state index >= 15 is 0 Å². The molecule has 2 heterocycles. The van der Waals surface area contributed by atoms with Crippen LogP contribution in [0.4, 0.5) is 0 Å². The Morgan fingerprint density at radius 2 is 2.23 bits per heavy atom. The standard InChI is InChI=1S/C8H7N3OS/c1-5-7(12)11-8(13-5)6-2-3-9-10-4-6/h2-4,12H,1H3. The molecule has 4 nitrogen and oxygen atoms in total. The molecule has 13 heavy (non-hydrogen) atoms. The molecular weight excluding hydrogens is 186 g/mol. The quantitative estimate of drug-likeness (QED) is 0.747. The Labute approximate surface area is 78.9 Å². The number of aryl methyl sites for hydroxylation is 1. The zero-order chi connectivity index (χ0) is 9.26. The molecule has 66 valence electrons. The maximum atomic E-state index is 9.26. The van der Waals surface area contributed by atoms with Crippen molar-refractivity contribution in [3.05, 3.63) is 23.3 Å². The number of aromatic hydroxyl groups is 1. The maximum Gasteiger partial charge on any atom is 0.225 e. The van der Waals surface area contributed by atoms with Crippen molar-refractivity contribution in [2.24, 2.45) is 0 Å². The van der Waals surface area contributed by atoms with Crippen LogP contribution >= 0.6 is 11.3 Å². The first-order valence-corrected chi connectivity index (χ1v) is 4.52. The van der Waals surface area contributed by atoms with E-state index in [1.165, 1.54) is 11.3 Å². The van der Waals surface area contributed by atoms with Crippen LogP contribution in [0.1, 0.15) is 4.88 Å². The minimum absolute atomic E-state index is 0.0943. The fourth-order valence-corrected chi connectivity index (χ4v) is 1.73. The SMILES string of the molecule is Cc1sc(-c2ccnnc2)nc1O. The van der Waals surface area contributed by atoms with Crippen LogP contribution in [0.15, 0.2) is 18.5 Å². The van der Waals surface area contributed by atoms with Crippen LogP contribution in [-0.2, 0) is 0 Å². The molecule has 0 fully saturated rings. The summed E-state index contributed by atoms with van der Waals surface area (Å²) in [4.78, 5) is 4.80. The van der Waals surface area contributed by atoms with Gasteiger partial charge >= 0.3 is 0 Å². The molecule has 0 spiro atoms. The van der Waals surface area contributed by atoms with Gasteiger partial charge in [0, 0.05) is 5.56 Å². The summed E-state index contributed by atoms with van der Waals surface area (Å²) < 4.78 is 0. The van der Waals surface area contributed by atoms with Gasteiger partial charge in [-0.15, -0.1) is 11.3 Å². The highest BCUT2D eigenvalue weighted by Crippen LogP contribution is 2.29. The van der Waals surface area contributed by atoms with E-state index in [4.69, 9.17) is 0 Å². The van der Waals surface area contributed by atoms with Crippen molar-refractivity contribution in [3.63, 3.8) is 0 Å². The van der Waals surface area contributed by atoms with Crippen molar-refractivity contribution < 1.29 is 5.11 Å². The average molecular weight is 193 g/mol. The third kappa shape index (κ3) is 1.50. The number of thiazole rings is 1. The Bertz CT molecular complexity index is 393.